The number of fused-ring (bicyclic) bond motifs is 1. The lowest BCUT2D eigenvalue weighted by atomic mass is 10.1. The summed E-state index contributed by atoms with van der Waals surface area (Å²) in [7, 11) is 0. The van der Waals surface area contributed by atoms with Crippen LogP contribution in [0.4, 0.5) is 10.3 Å². The molecule has 0 unspecified atom stereocenters. The van der Waals surface area contributed by atoms with Crippen LogP contribution in [-0.4, -0.2) is 48.3 Å². The Bertz CT molecular complexity index is 1020. The van der Waals surface area contributed by atoms with Crippen LogP contribution in [0.2, 0.25) is 5.02 Å². The van der Waals surface area contributed by atoms with E-state index in [4.69, 9.17) is 30.7 Å². The molecule has 1 aliphatic heterocycles. The third kappa shape index (κ3) is 4.98. The van der Waals surface area contributed by atoms with Crippen molar-refractivity contribution in [2.45, 2.75) is 32.1 Å². The van der Waals surface area contributed by atoms with Gasteiger partial charge in [0.1, 0.15) is 6.17 Å². The van der Waals surface area contributed by atoms with E-state index in [1.165, 1.54) is 0 Å². The zero-order valence-corrected chi connectivity index (χ0v) is 17.4. The van der Waals surface area contributed by atoms with Crippen molar-refractivity contribution in [2.24, 2.45) is 5.73 Å². The van der Waals surface area contributed by atoms with Gasteiger partial charge in [-0.05, 0) is 43.2 Å². The number of imidazole rings is 1. The SMILES string of the molecule is Cc1ccc2nc(N3CC[C@@H](F)[C@H](N)C3)n(Cc3ccc(Cl)cn3)c2c1.O=S=O. The molecular weight excluding hydrogens is 417 g/mol. The molecule has 0 spiro atoms. The van der Waals surface area contributed by atoms with Crippen molar-refractivity contribution < 1.29 is 12.8 Å². The van der Waals surface area contributed by atoms with Crippen LogP contribution in [0.5, 0.6) is 0 Å². The number of hydrogen-bond donors (Lipinski definition) is 1. The lowest BCUT2D eigenvalue weighted by molar-refractivity contribution is 0.243. The zero-order chi connectivity index (χ0) is 21.0. The molecule has 29 heavy (non-hydrogen) atoms. The van der Waals surface area contributed by atoms with Gasteiger partial charge in [0.25, 0.3) is 0 Å². The van der Waals surface area contributed by atoms with Crippen LogP contribution in [0.1, 0.15) is 17.7 Å². The first kappa shape index (κ1) is 21.4. The highest BCUT2D eigenvalue weighted by Gasteiger charge is 2.29. The molecular formula is C19H21ClFN5O2S. The summed E-state index contributed by atoms with van der Waals surface area (Å²) in [4.78, 5) is 11.3. The van der Waals surface area contributed by atoms with Gasteiger partial charge in [-0.15, -0.1) is 0 Å². The number of anilines is 1. The summed E-state index contributed by atoms with van der Waals surface area (Å²) in [5.41, 5.74) is 9.96. The van der Waals surface area contributed by atoms with Crippen LogP contribution in [0.3, 0.4) is 0 Å². The van der Waals surface area contributed by atoms with Gasteiger partial charge in [-0.2, -0.15) is 8.42 Å². The van der Waals surface area contributed by atoms with Crippen LogP contribution in [0, 0.1) is 6.92 Å². The van der Waals surface area contributed by atoms with E-state index >= 15 is 0 Å². The summed E-state index contributed by atoms with van der Waals surface area (Å²) in [6, 6.07) is 9.42. The highest BCUT2D eigenvalue weighted by Crippen LogP contribution is 2.27. The zero-order valence-electron chi connectivity index (χ0n) is 15.8. The van der Waals surface area contributed by atoms with Gasteiger partial charge in [0.2, 0.25) is 5.95 Å². The quantitative estimate of drug-likeness (QED) is 0.677. The van der Waals surface area contributed by atoms with Crippen molar-refractivity contribution in [1.82, 2.24) is 14.5 Å². The predicted octanol–water partition coefficient (Wildman–Crippen LogP) is 2.65. The lowest BCUT2D eigenvalue weighted by Gasteiger charge is -2.34. The predicted molar refractivity (Wildman–Crippen MR) is 111 cm³/mol. The molecule has 2 N–H and O–H groups in total. The van der Waals surface area contributed by atoms with E-state index in [2.05, 4.69) is 27.4 Å². The fourth-order valence-electron chi connectivity index (χ4n) is 3.41. The molecule has 1 saturated heterocycles. The number of nitrogens with zero attached hydrogens (tertiary/aromatic N) is 4. The highest BCUT2D eigenvalue weighted by atomic mass is 35.5. The number of halogens is 2. The van der Waals surface area contributed by atoms with Gasteiger partial charge in [-0.1, -0.05) is 17.7 Å². The summed E-state index contributed by atoms with van der Waals surface area (Å²) in [6.45, 7) is 3.68. The number of nitrogens with two attached hydrogens (primary N) is 1. The average Bonchev–Trinajstić information content (AvgIpc) is 3.04. The molecule has 2 aromatic heterocycles. The van der Waals surface area contributed by atoms with Crippen molar-refractivity contribution in [2.75, 3.05) is 18.0 Å². The molecule has 3 heterocycles. The number of aromatic nitrogens is 3. The minimum absolute atomic E-state index is 0.419. The first-order valence-electron chi connectivity index (χ1n) is 9.06. The molecule has 0 radical (unpaired) electrons. The van der Waals surface area contributed by atoms with Crippen LogP contribution in [0.25, 0.3) is 11.0 Å². The highest BCUT2D eigenvalue weighted by molar-refractivity contribution is 7.51. The Morgan fingerprint density at radius 2 is 2.07 bits per heavy atom. The molecule has 1 fully saturated rings. The largest absolute Gasteiger partial charge is 0.340 e. The summed E-state index contributed by atoms with van der Waals surface area (Å²) in [5, 5.41) is 0.608. The van der Waals surface area contributed by atoms with Gasteiger partial charge in [-0.25, -0.2) is 9.37 Å². The first-order valence-corrected chi connectivity index (χ1v) is 10.1. The number of rotatable bonds is 3. The average molecular weight is 438 g/mol. The van der Waals surface area contributed by atoms with E-state index in [0.717, 1.165) is 28.2 Å². The Kier molecular flexibility index (Phi) is 6.94. The van der Waals surface area contributed by atoms with E-state index in [1.807, 2.05) is 24.3 Å². The van der Waals surface area contributed by atoms with Crippen molar-refractivity contribution in [3.63, 3.8) is 0 Å². The number of aryl methyl sites for hydroxylation is 1. The summed E-state index contributed by atoms with van der Waals surface area (Å²) in [6.07, 6.45) is 1.11. The van der Waals surface area contributed by atoms with E-state index in [0.29, 0.717) is 31.1 Å². The topological polar surface area (TPSA) is 94.1 Å². The van der Waals surface area contributed by atoms with Gasteiger partial charge >= 0.3 is 11.6 Å². The Morgan fingerprint density at radius 3 is 2.72 bits per heavy atom. The van der Waals surface area contributed by atoms with E-state index < -0.39 is 23.8 Å². The Balaban J connectivity index is 0.000000755. The number of pyridine rings is 1. The van der Waals surface area contributed by atoms with Crippen molar-refractivity contribution >= 4 is 40.2 Å². The molecule has 3 aromatic rings. The maximum Gasteiger partial charge on any atom is 0.335 e. The number of benzene rings is 1. The first-order chi connectivity index (χ1) is 13.9. The van der Waals surface area contributed by atoms with Gasteiger partial charge in [0, 0.05) is 19.3 Å². The molecule has 7 nitrogen and oxygen atoms in total. The second-order valence-electron chi connectivity index (χ2n) is 6.94. The smallest absolute Gasteiger partial charge is 0.335 e. The Hall–Kier alpha value is -2.36. The maximum absolute atomic E-state index is 13.8. The van der Waals surface area contributed by atoms with E-state index in [9.17, 15) is 4.39 Å². The lowest BCUT2D eigenvalue weighted by Crippen LogP contribution is -2.50. The normalized spacial score (nSPS) is 19.0. The molecule has 4 rings (SSSR count). The maximum atomic E-state index is 13.8. The van der Waals surface area contributed by atoms with Crippen LogP contribution < -0.4 is 10.6 Å². The number of hydrogen-bond acceptors (Lipinski definition) is 6. The number of alkyl halides is 1. The minimum Gasteiger partial charge on any atom is -0.340 e. The third-order valence-electron chi connectivity index (χ3n) is 4.85. The molecule has 2 atom stereocenters. The fourth-order valence-corrected chi connectivity index (χ4v) is 3.53. The molecule has 0 aliphatic carbocycles. The van der Waals surface area contributed by atoms with E-state index in [1.54, 1.807) is 6.20 Å². The molecule has 154 valence electrons. The van der Waals surface area contributed by atoms with Gasteiger partial charge < -0.3 is 15.2 Å². The molecule has 1 aliphatic rings. The Morgan fingerprint density at radius 1 is 1.31 bits per heavy atom. The van der Waals surface area contributed by atoms with Gasteiger partial charge in [0.05, 0.1) is 34.3 Å². The van der Waals surface area contributed by atoms with Crippen LogP contribution in [0.15, 0.2) is 36.5 Å². The van der Waals surface area contributed by atoms with Crippen molar-refractivity contribution in [3.8, 4) is 0 Å². The summed E-state index contributed by atoms with van der Waals surface area (Å²) in [5.74, 6) is 0.810. The molecule has 0 amide bonds. The van der Waals surface area contributed by atoms with Gasteiger partial charge in [-0.3, -0.25) is 4.98 Å². The van der Waals surface area contributed by atoms with Gasteiger partial charge in [0.15, 0.2) is 0 Å². The van der Waals surface area contributed by atoms with Crippen molar-refractivity contribution in [3.05, 3.63) is 52.8 Å². The monoisotopic (exact) mass is 437 g/mol. The second kappa shape index (κ2) is 9.43. The molecule has 1 aromatic carbocycles. The standard InChI is InChI=1S/C19H21ClFN5.O2S/c1-12-2-5-17-18(8-12)26(10-14-4-3-13(20)9-23-14)19(24-17)25-7-6-15(21)16(22)11-25;1-3-2/h2-5,8-9,15-16H,6-7,10-11,22H2,1H3;/t15-,16-;/m1./s1. The number of piperidine rings is 1. The Labute approximate surface area is 176 Å². The second-order valence-corrected chi connectivity index (χ2v) is 7.51. The van der Waals surface area contributed by atoms with Crippen molar-refractivity contribution in [1.29, 1.82) is 0 Å². The molecule has 10 heteroatoms. The van der Waals surface area contributed by atoms with E-state index in [-0.39, 0.29) is 0 Å². The molecule has 0 bridgehead atoms. The summed E-state index contributed by atoms with van der Waals surface area (Å²) < 4.78 is 32.5. The summed E-state index contributed by atoms with van der Waals surface area (Å²) >= 11 is 5.20. The third-order valence-corrected chi connectivity index (χ3v) is 5.07. The fraction of sp³-hybridized carbons (Fsp3) is 0.368. The molecule has 0 saturated carbocycles. The van der Waals surface area contributed by atoms with Crippen LogP contribution >= 0.6 is 11.6 Å². The minimum atomic E-state index is -0.954. The van der Waals surface area contributed by atoms with Crippen LogP contribution in [-0.2, 0) is 18.1 Å².